The number of rotatable bonds is 3. The van der Waals surface area contributed by atoms with E-state index in [1.165, 1.54) is 0 Å². The monoisotopic (exact) mass is 264 g/mol. The van der Waals surface area contributed by atoms with Crippen LogP contribution in [-0.4, -0.2) is 19.9 Å². The standard InChI is InChI=1S/C14H12N6/c15-13-11(12-5-1-2-7-17-12)9-18-14(20-13)19-10-4-3-6-16-8-10/h1-9H,(H3,15,18,19,20). The maximum atomic E-state index is 5.96. The summed E-state index contributed by atoms with van der Waals surface area (Å²) in [5.41, 5.74) is 8.22. The maximum Gasteiger partial charge on any atom is 0.229 e. The molecule has 3 aromatic rings. The lowest BCUT2D eigenvalue weighted by Gasteiger charge is -2.07. The second-order valence-corrected chi connectivity index (χ2v) is 4.07. The third kappa shape index (κ3) is 2.54. The Labute approximate surface area is 115 Å². The van der Waals surface area contributed by atoms with Gasteiger partial charge in [0.2, 0.25) is 5.95 Å². The van der Waals surface area contributed by atoms with Gasteiger partial charge in [-0.3, -0.25) is 9.97 Å². The summed E-state index contributed by atoms with van der Waals surface area (Å²) in [5, 5.41) is 3.04. The summed E-state index contributed by atoms with van der Waals surface area (Å²) in [6.07, 6.45) is 6.75. The topological polar surface area (TPSA) is 89.6 Å². The molecule has 0 unspecified atom stereocenters. The van der Waals surface area contributed by atoms with Crippen molar-refractivity contribution in [1.29, 1.82) is 0 Å². The Hall–Kier alpha value is -3.02. The quantitative estimate of drug-likeness (QED) is 0.754. The van der Waals surface area contributed by atoms with E-state index in [-0.39, 0.29) is 0 Å². The van der Waals surface area contributed by atoms with E-state index < -0.39 is 0 Å². The highest BCUT2D eigenvalue weighted by molar-refractivity contribution is 5.71. The van der Waals surface area contributed by atoms with Gasteiger partial charge < -0.3 is 11.1 Å². The van der Waals surface area contributed by atoms with Crippen molar-refractivity contribution in [2.24, 2.45) is 0 Å². The van der Waals surface area contributed by atoms with Crippen LogP contribution in [0.3, 0.4) is 0 Å². The molecule has 3 aromatic heterocycles. The first kappa shape index (κ1) is 12.0. The molecule has 20 heavy (non-hydrogen) atoms. The van der Waals surface area contributed by atoms with Crippen molar-refractivity contribution in [3.63, 3.8) is 0 Å². The summed E-state index contributed by atoms with van der Waals surface area (Å²) >= 11 is 0. The zero-order valence-electron chi connectivity index (χ0n) is 10.6. The molecular weight excluding hydrogens is 252 g/mol. The fourth-order valence-electron chi connectivity index (χ4n) is 1.74. The van der Waals surface area contributed by atoms with Gasteiger partial charge in [-0.15, -0.1) is 0 Å². The van der Waals surface area contributed by atoms with Gasteiger partial charge in [0.15, 0.2) is 0 Å². The molecule has 6 nitrogen and oxygen atoms in total. The van der Waals surface area contributed by atoms with Gasteiger partial charge in [-0.25, -0.2) is 4.98 Å². The second kappa shape index (κ2) is 5.31. The van der Waals surface area contributed by atoms with Gasteiger partial charge in [-0.05, 0) is 24.3 Å². The van der Waals surface area contributed by atoms with E-state index in [1.807, 2.05) is 30.3 Å². The second-order valence-electron chi connectivity index (χ2n) is 4.07. The van der Waals surface area contributed by atoms with Crippen molar-refractivity contribution in [2.75, 3.05) is 11.1 Å². The number of aromatic nitrogens is 4. The van der Waals surface area contributed by atoms with Gasteiger partial charge in [0.1, 0.15) is 5.82 Å². The Bertz CT molecular complexity index is 699. The van der Waals surface area contributed by atoms with Crippen LogP contribution in [0, 0.1) is 0 Å². The van der Waals surface area contributed by atoms with Gasteiger partial charge in [0, 0.05) is 18.6 Å². The minimum absolute atomic E-state index is 0.380. The highest BCUT2D eigenvalue weighted by atomic mass is 15.1. The number of nitrogens with one attached hydrogen (secondary N) is 1. The van der Waals surface area contributed by atoms with Crippen LogP contribution >= 0.6 is 0 Å². The van der Waals surface area contributed by atoms with Crippen LogP contribution in [0.5, 0.6) is 0 Å². The molecule has 0 saturated heterocycles. The van der Waals surface area contributed by atoms with Gasteiger partial charge in [0.25, 0.3) is 0 Å². The van der Waals surface area contributed by atoms with Crippen LogP contribution in [0.25, 0.3) is 11.3 Å². The molecular formula is C14H12N6. The first-order valence-corrected chi connectivity index (χ1v) is 6.04. The molecule has 0 fully saturated rings. The summed E-state index contributed by atoms with van der Waals surface area (Å²) in [7, 11) is 0. The number of anilines is 3. The van der Waals surface area contributed by atoms with Crippen LogP contribution in [0.1, 0.15) is 0 Å². The molecule has 3 heterocycles. The number of hydrogen-bond donors (Lipinski definition) is 2. The van der Waals surface area contributed by atoms with Gasteiger partial charge in [0.05, 0.1) is 23.1 Å². The third-order valence-electron chi connectivity index (χ3n) is 2.68. The lowest BCUT2D eigenvalue weighted by molar-refractivity contribution is 1.16. The van der Waals surface area contributed by atoms with E-state index in [0.717, 1.165) is 11.4 Å². The van der Waals surface area contributed by atoms with E-state index in [2.05, 4.69) is 25.3 Å². The predicted molar refractivity (Wildman–Crippen MR) is 77.2 cm³/mol. The molecule has 0 aliphatic carbocycles. The largest absolute Gasteiger partial charge is 0.383 e. The Kier molecular flexibility index (Phi) is 3.20. The Morgan fingerprint density at radius 1 is 0.950 bits per heavy atom. The SMILES string of the molecule is Nc1nc(Nc2cccnc2)ncc1-c1ccccn1. The average molecular weight is 264 g/mol. The molecule has 0 aromatic carbocycles. The minimum atomic E-state index is 0.380. The summed E-state index contributed by atoms with van der Waals surface area (Å²) in [6.45, 7) is 0. The zero-order chi connectivity index (χ0) is 13.8. The normalized spacial score (nSPS) is 10.2. The van der Waals surface area contributed by atoms with Crippen molar-refractivity contribution in [2.45, 2.75) is 0 Å². The maximum absolute atomic E-state index is 5.96. The number of nitrogen functional groups attached to an aromatic ring is 1. The van der Waals surface area contributed by atoms with E-state index >= 15 is 0 Å². The number of nitrogens with zero attached hydrogens (tertiary/aromatic N) is 4. The van der Waals surface area contributed by atoms with E-state index in [4.69, 9.17) is 5.73 Å². The molecule has 3 rings (SSSR count). The van der Waals surface area contributed by atoms with Crippen LogP contribution in [0.2, 0.25) is 0 Å². The van der Waals surface area contributed by atoms with Gasteiger partial charge in [-0.2, -0.15) is 4.98 Å². The van der Waals surface area contributed by atoms with Crippen molar-refractivity contribution in [3.05, 3.63) is 55.1 Å². The highest BCUT2D eigenvalue weighted by Crippen LogP contribution is 2.22. The van der Waals surface area contributed by atoms with Gasteiger partial charge >= 0.3 is 0 Å². The van der Waals surface area contributed by atoms with Gasteiger partial charge in [-0.1, -0.05) is 6.07 Å². The number of pyridine rings is 2. The van der Waals surface area contributed by atoms with E-state index in [0.29, 0.717) is 17.3 Å². The molecule has 98 valence electrons. The zero-order valence-corrected chi connectivity index (χ0v) is 10.6. The molecule has 0 saturated carbocycles. The smallest absolute Gasteiger partial charge is 0.229 e. The fraction of sp³-hybridized carbons (Fsp3) is 0. The minimum Gasteiger partial charge on any atom is -0.383 e. The number of nitrogens with two attached hydrogens (primary N) is 1. The van der Waals surface area contributed by atoms with Crippen molar-refractivity contribution in [1.82, 2.24) is 19.9 Å². The van der Waals surface area contributed by atoms with Crippen LogP contribution in [0.15, 0.2) is 55.1 Å². The lowest BCUT2D eigenvalue weighted by atomic mass is 10.2. The average Bonchev–Trinajstić information content (AvgIpc) is 2.49. The molecule has 0 atom stereocenters. The first-order chi connectivity index (χ1) is 9.83. The third-order valence-corrected chi connectivity index (χ3v) is 2.68. The van der Waals surface area contributed by atoms with Crippen molar-refractivity contribution < 1.29 is 0 Å². The summed E-state index contributed by atoms with van der Waals surface area (Å²) in [6, 6.07) is 9.30. The fourth-order valence-corrected chi connectivity index (χ4v) is 1.74. The van der Waals surface area contributed by atoms with Crippen molar-refractivity contribution >= 4 is 17.5 Å². The summed E-state index contributed by atoms with van der Waals surface area (Å²) < 4.78 is 0. The molecule has 0 radical (unpaired) electrons. The van der Waals surface area contributed by atoms with Crippen LogP contribution < -0.4 is 11.1 Å². The molecule has 0 aliphatic rings. The number of hydrogen-bond acceptors (Lipinski definition) is 6. The molecule has 3 N–H and O–H groups in total. The molecule has 0 spiro atoms. The Balaban J connectivity index is 1.88. The predicted octanol–water partition coefficient (Wildman–Crippen LogP) is 2.26. The van der Waals surface area contributed by atoms with E-state index in [9.17, 15) is 0 Å². The molecule has 6 heteroatoms. The molecule has 0 aliphatic heterocycles. The molecule has 0 bridgehead atoms. The van der Waals surface area contributed by atoms with Crippen LogP contribution in [0.4, 0.5) is 17.5 Å². The lowest BCUT2D eigenvalue weighted by Crippen LogP contribution is -2.02. The first-order valence-electron chi connectivity index (χ1n) is 6.04. The highest BCUT2D eigenvalue weighted by Gasteiger charge is 2.07. The van der Waals surface area contributed by atoms with Crippen molar-refractivity contribution in [3.8, 4) is 11.3 Å². The summed E-state index contributed by atoms with van der Waals surface area (Å²) in [4.78, 5) is 16.7. The Morgan fingerprint density at radius 2 is 1.90 bits per heavy atom. The van der Waals surface area contributed by atoms with Crippen LogP contribution in [-0.2, 0) is 0 Å². The summed E-state index contributed by atoms with van der Waals surface area (Å²) in [5.74, 6) is 0.806. The molecule has 0 amide bonds. The van der Waals surface area contributed by atoms with E-state index in [1.54, 1.807) is 24.8 Å². The Morgan fingerprint density at radius 3 is 2.60 bits per heavy atom.